The van der Waals surface area contributed by atoms with Gasteiger partial charge in [-0.3, -0.25) is 9.69 Å². The predicted molar refractivity (Wildman–Crippen MR) is 116 cm³/mol. The highest BCUT2D eigenvalue weighted by molar-refractivity contribution is 7.10. The number of carbonyl (C=O) groups excluding carboxylic acids is 1. The first-order chi connectivity index (χ1) is 14.3. The maximum atomic E-state index is 12.9. The summed E-state index contributed by atoms with van der Waals surface area (Å²) >= 11 is 3.57. The average molecular weight is 427 g/mol. The Balaban J connectivity index is 1.32. The standard InChI is InChI=1S/C22H22N2O3S2/c25-21(23-15-4-5-17-18(13-15)27-10-2-9-26-17)14-24-8-6-19-16(7-12-29-19)22(24)20-3-1-11-28-20/h1,3-5,7,11-13,22H,2,6,8-10,14H2,(H,23,25)/t22-/m0/s1. The molecule has 150 valence electrons. The van der Waals surface area contributed by atoms with Crippen LogP contribution in [0.25, 0.3) is 0 Å². The molecule has 5 rings (SSSR count). The summed E-state index contributed by atoms with van der Waals surface area (Å²) < 4.78 is 11.4. The van der Waals surface area contributed by atoms with Gasteiger partial charge in [0.1, 0.15) is 0 Å². The number of thiophene rings is 2. The van der Waals surface area contributed by atoms with Gasteiger partial charge in [-0.15, -0.1) is 22.7 Å². The van der Waals surface area contributed by atoms with Crippen molar-refractivity contribution in [2.45, 2.75) is 18.9 Å². The van der Waals surface area contributed by atoms with Crippen LogP contribution in [0.3, 0.4) is 0 Å². The molecular weight excluding hydrogens is 404 g/mol. The van der Waals surface area contributed by atoms with Crippen LogP contribution in [0.5, 0.6) is 11.5 Å². The maximum Gasteiger partial charge on any atom is 0.238 e. The fourth-order valence-corrected chi connectivity index (χ4v) is 5.72. The number of hydrogen-bond acceptors (Lipinski definition) is 6. The van der Waals surface area contributed by atoms with Gasteiger partial charge in [-0.1, -0.05) is 6.07 Å². The second kappa shape index (κ2) is 8.18. The second-order valence-electron chi connectivity index (χ2n) is 7.20. The zero-order valence-electron chi connectivity index (χ0n) is 15.9. The number of anilines is 1. The molecule has 0 saturated heterocycles. The molecule has 3 aromatic rings. The van der Waals surface area contributed by atoms with Crippen LogP contribution < -0.4 is 14.8 Å². The van der Waals surface area contributed by atoms with Gasteiger partial charge in [0.05, 0.1) is 25.8 Å². The normalized spacial score (nSPS) is 18.7. The molecule has 1 amide bonds. The van der Waals surface area contributed by atoms with E-state index in [2.05, 4.69) is 39.2 Å². The first-order valence-corrected chi connectivity index (χ1v) is 11.6. The topological polar surface area (TPSA) is 50.8 Å². The van der Waals surface area contributed by atoms with E-state index in [-0.39, 0.29) is 11.9 Å². The van der Waals surface area contributed by atoms with E-state index in [1.165, 1.54) is 15.3 Å². The van der Waals surface area contributed by atoms with E-state index in [0.29, 0.717) is 25.5 Å². The molecule has 4 heterocycles. The lowest BCUT2D eigenvalue weighted by Crippen LogP contribution is -2.40. The molecule has 5 nitrogen and oxygen atoms in total. The molecule has 2 aromatic heterocycles. The number of ether oxygens (including phenoxy) is 2. The molecule has 0 spiro atoms. The molecular formula is C22H22N2O3S2. The van der Waals surface area contributed by atoms with Crippen LogP contribution >= 0.6 is 22.7 Å². The third-order valence-electron chi connectivity index (χ3n) is 5.26. The van der Waals surface area contributed by atoms with Gasteiger partial charge in [-0.05, 0) is 47.0 Å². The van der Waals surface area contributed by atoms with Crippen molar-refractivity contribution in [2.75, 3.05) is 31.6 Å². The van der Waals surface area contributed by atoms with E-state index in [9.17, 15) is 4.79 Å². The molecule has 1 N–H and O–H groups in total. The lowest BCUT2D eigenvalue weighted by atomic mass is 9.98. The van der Waals surface area contributed by atoms with Gasteiger partial charge >= 0.3 is 0 Å². The summed E-state index contributed by atoms with van der Waals surface area (Å²) in [6.07, 6.45) is 1.85. The third-order valence-corrected chi connectivity index (χ3v) is 7.18. The van der Waals surface area contributed by atoms with Gasteiger partial charge in [-0.2, -0.15) is 0 Å². The van der Waals surface area contributed by atoms with Crippen molar-refractivity contribution in [3.8, 4) is 11.5 Å². The summed E-state index contributed by atoms with van der Waals surface area (Å²) in [6, 6.07) is 12.2. The van der Waals surface area contributed by atoms with E-state index in [1.807, 2.05) is 29.5 Å². The van der Waals surface area contributed by atoms with Crippen molar-refractivity contribution in [3.05, 3.63) is 62.5 Å². The number of fused-ring (bicyclic) bond motifs is 2. The fraction of sp³-hybridized carbons (Fsp3) is 0.318. The van der Waals surface area contributed by atoms with Gasteiger partial charge in [0, 0.05) is 34.5 Å². The molecule has 0 radical (unpaired) electrons. The van der Waals surface area contributed by atoms with Crippen LogP contribution in [0, 0.1) is 0 Å². The third kappa shape index (κ3) is 3.90. The van der Waals surface area contributed by atoms with E-state index in [4.69, 9.17) is 9.47 Å². The van der Waals surface area contributed by atoms with Crippen molar-refractivity contribution >= 4 is 34.3 Å². The number of amides is 1. The molecule has 0 saturated carbocycles. The summed E-state index contributed by atoms with van der Waals surface area (Å²) in [4.78, 5) is 17.9. The smallest absolute Gasteiger partial charge is 0.238 e. The zero-order chi connectivity index (χ0) is 19.6. The van der Waals surface area contributed by atoms with Crippen molar-refractivity contribution in [1.82, 2.24) is 4.90 Å². The van der Waals surface area contributed by atoms with E-state index >= 15 is 0 Å². The first kappa shape index (κ1) is 18.7. The van der Waals surface area contributed by atoms with Crippen molar-refractivity contribution in [1.29, 1.82) is 0 Å². The van der Waals surface area contributed by atoms with Gasteiger partial charge in [0.15, 0.2) is 11.5 Å². The van der Waals surface area contributed by atoms with Crippen LogP contribution in [0.4, 0.5) is 5.69 Å². The van der Waals surface area contributed by atoms with E-state index in [1.54, 1.807) is 11.3 Å². The highest BCUT2D eigenvalue weighted by atomic mass is 32.1. The molecule has 2 aliphatic rings. The molecule has 1 atom stereocenters. The van der Waals surface area contributed by atoms with Crippen molar-refractivity contribution in [2.24, 2.45) is 0 Å². The Morgan fingerprint density at radius 2 is 2.00 bits per heavy atom. The molecule has 29 heavy (non-hydrogen) atoms. The maximum absolute atomic E-state index is 12.9. The number of rotatable bonds is 4. The molecule has 0 unspecified atom stereocenters. The number of nitrogens with one attached hydrogen (secondary N) is 1. The molecule has 0 aliphatic carbocycles. The Kier molecular flexibility index (Phi) is 5.26. The van der Waals surface area contributed by atoms with Crippen LogP contribution in [-0.4, -0.2) is 37.1 Å². The van der Waals surface area contributed by atoms with Crippen LogP contribution in [0.1, 0.15) is 27.8 Å². The van der Waals surface area contributed by atoms with E-state index in [0.717, 1.165) is 30.8 Å². The Labute approximate surface area is 177 Å². The number of hydrogen-bond donors (Lipinski definition) is 1. The van der Waals surface area contributed by atoms with Crippen LogP contribution in [0.2, 0.25) is 0 Å². The minimum absolute atomic E-state index is 0.0141. The number of nitrogens with zero attached hydrogens (tertiary/aromatic N) is 1. The lowest BCUT2D eigenvalue weighted by molar-refractivity contribution is -0.117. The van der Waals surface area contributed by atoms with Crippen LogP contribution in [-0.2, 0) is 11.2 Å². The van der Waals surface area contributed by atoms with Gasteiger partial charge < -0.3 is 14.8 Å². The van der Waals surface area contributed by atoms with Crippen molar-refractivity contribution < 1.29 is 14.3 Å². The molecule has 7 heteroatoms. The van der Waals surface area contributed by atoms with Gasteiger partial charge in [0.25, 0.3) is 0 Å². The summed E-state index contributed by atoms with van der Waals surface area (Å²) in [5.74, 6) is 1.41. The minimum Gasteiger partial charge on any atom is -0.490 e. The first-order valence-electron chi connectivity index (χ1n) is 9.81. The summed E-state index contributed by atoms with van der Waals surface area (Å²) in [5, 5.41) is 7.30. The predicted octanol–water partition coefficient (Wildman–Crippen LogP) is 4.56. The largest absolute Gasteiger partial charge is 0.490 e. The highest BCUT2D eigenvalue weighted by Gasteiger charge is 2.31. The Morgan fingerprint density at radius 1 is 1.10 bits per heavy atom. The number of benzene rings is 1. The quantitative estimate of drug-likeness (QED) is 0.665. The highest BCUT2D eigenvalue weighted by Crippen LogP contribution is 2.39. The van der Waals surface area contributed by atoms with Gasteiger partial charge in [0.2, 0.25) is 5.91 Å². The fourth-order valence-electron chi connectivity index (χ4n) is 3.94. The summed E-state index contributed by atoms with van der Waals surface area (Å²) in [5.41, 5.74) is 2.08. The monoisotopic (exact) mass is 426 g/mol. The summed E-state index contributed by atoms with van der Waals surface area (Å²) in [7, 11) is 0. The molecule has 2 aliphatic heterocycles. The lowest BCUT2D eigenvalue weighted by Gasteiger charge is -2.34. The number of carbonyl (C=O) groups is 1. The Morgan fingerprint density at radius 3 is 2.86 bits per heavy atom. The zero-order valence-corrected chi connectivity index (χ0v) is 17.6. The molecule has 0 bridgehead atoms. The Hall–Kier alpha value is -2.35. The second-order valence-corrected chi connectivity index (χ2v) is 9.18. The Bertz CT molecular complexity index is 999. The minimum atomic E-state index is -0.0141. The average Bonchev–Trinajstić information content (AvgIpc) is 3.36. The van der Waals surface area contributed by atoms with E-state index < -0.39 is 0 Å². The summed E-state index contributed by atoms with van der Waals surface area (Å²) in [6.45, 7) is 2.52. The molecule has 1 aromatic carbocycles. The van der Waals surface area contributed by atoms with Gasteiger partial charge in [-0.25, -0.2) is 0 Å². The SMILES string of the molecule is O=C(CN1CCc2sccc2[C@H]1c1cccs1)Nc1ccc2c(c1)OCCCO2. The van der Waals surface area contributed by atoms with Crippen LogP contribution in [0.15, 0.2) is 47.2 Å². The van der Waals surface area contributed by atoms with Crippen molar-refractivity contribution in [3.63, 3.8) is 0 Å². The molecule has 0 fully saturated rings.